The first-order chi connectivity index (χ1) is 11.8. The molecule has 0 fully saturated rings. The molecular weight excluding hydrogens is 314 g/mol. The fourth-order valence-electron chi connectivity index (χ4n) is 2.37. The van der Waals surface area contributed by atoms with Crippen LogP contribution in [0.1, 0.15) is 27.1 Å². The lowest BCUT2D eigenvalue weighted by Gasteiger charge is -2.13. The summed E-state index contributed by atoms with van der Waals surface area (Å²) < 4.78 is 15.7. The van der Waals surface area contributed by atoms with Gasteiger partial charge in [-0.25, -0.2) is 0 Å². The molecule has 0 atom stereocenters. The third kappa shape index (κ3) is 5.10. The SMILES string of the molecule is O=C1c2ccccc2C(=O)N1CCCOCCOCCOCCO. The second-order valence-electron chi connectivity index (χ2n) is 5.22. The lowest BCUT2D eigenvalue weighted by atomic mass is 10.1. The maximum atomic E-state index is 12.1. The predicted molar refractivity (Wildman–Crippen MR) is 86.0 cm³/mol. The van der Waals surface area contributed by atoms with Crippen LogP contribution in [0.15, 0.2) is 24.3 Å². The van der Waals surface area contributed by atoms with Crippen molar-refractivity contribution in [1.82, 2.24) is 4.90 Å². The van der Waals surface area contributed by atoms with E-state index in [2.05, 4.69) is 0 Å². The smallest absolute Gasteiger partial charge is 0.261 e. The molecule has 24 heavy (non-hydrogen) atoms. The highest BCUT2D eigenvalue weighted by Gasteiger charge is 2.34. The highest BCUT2D eigenvalue weighted by Crippen LogP contribution is 2.22. The Labute approximate surface area is 141 Å². The molecule has 1 aliphatic heterocycles. The average Bonchev–Trinajstić information content (AvgIpc) is 2.84. The van der Waals surface area contributed by atoms with Gasteiger partial charge in [-0.1, -0.05) is 12.1 Å². The number of hydrogen-bond acceptors (Lipinski definition) is 6. The molecule has 0 spiro atoms. The number of carbonyl (C=O) groups is 2. The summed E-state index contributed by atoms with van der Waals surface area (Å²) in [4.78, 5) is 25.5. The second kappa shape index (κ2) is 10.1. The number of fused-ring (bicyclic) bond motifs is 1. The van der Waals surface area contributed by atoms with Crippen LogP contribution in [0.25, 0.3) is 0 Å². The normalized spacial score (nSPS) is 13.6. The Balaban J connectivity index is 1.53. The maximum absolute atomic E-state index is 12.1. The minimum Gasteiger partial charge on any atom is -0.394 e. The number of aliphatic hydroxyl groups excluding tert-OH is 1. The Kier molecular flexibility index (Phi) is 7.84. The van der Waals surface area contributed by atoms with E-state index in [1.54, 1.807) is 24.3 Å². The summed E-state index contributed by atoms with van der Waals surface area (Å²) in [5.41, 5.74) is 0.945. The zero-order chi connectivity index (χ0) is 17.2. The largest absolute Gasteiger partial charge is 0.394 e. The monoisotopic (exact) mass is 337 g/mol. The van der Waals surface area contributed by atoms with E-state index < -0.39 is 0 Å². The molecule has 7 nitrogen and oxygen atoms in total. The highest BCUT2D eigenvalue weighted by atomic mass is 16.5. The summed E-state index contributed by atoms with van der Waals surface area (Å²) in [5, 5.41) is 8.52. The van der Waals surface area contributed by atoms with Crippen LogP contribution in [0.3, 0.4) is 0 Å². The van der Waals surface area contributed by atoms with E-state index in [1.165, 1.54) is 4.90 Å². The maximum Gasteiger partial charge on any atom is 0.261 e. The molecule has 1 heterocycles. The van der Waals surface area contributed by atoms with E-state index >= 15 is 0 Å². The molecule has 0 aliphatic carbocycles. The minimum absolute atomic E-state index is 0.0101. The number of nitrogens with zero attached hydrogens (tertiary/aromatic N) is 1. The van der Waals surface area contributed by atoms with Crippen molar-refractivity contribution in [3.63, 3.8) is 0 Å². The molecule has 0 unspecified atom stereocenters. The lowest BCUT2D eigenvalue weighted by molar-refractivity contribution is 0.00672. The van der Waals surface area contributed by atoms with Gasteiger partial charge in [0.15, 0.2) is 0 Å². The highest BCUT2D eigenvalue weighted by molar-refractivity contribution is 6.21. The molecule has 1 aromatic rings. The minimum atomic E-state index is -0.234. The Hall–Kier alpha value is -1.80. The molecule has 7 heteroatoms. The van der Waals surface area contributed by atoms with E-state index in [4.69, 9.17) is 19.3 Å². The van der Waals surface area contributed by atoms with Crippen molar-refractivity contribution in [2.24, 2.45) is 0 Å². The number of aliphatic hydroxyl groups is 1. The molecule has 2 amide bonds. The average molecular weight is 337 g/mol. The molecule has 2 rings (SSSR count). The van der Waals surface area contributed by atoms with Crippen LogP contribution in [0.5, 0.6) is 0 Å². The van der Waals surface area contributed by atoms with Crippen LogP contribution in [0.2, 0.25) is 0 Å². The van der Waals surface area contributed by atoms with Crippen molar-refractivity contribution in [2.75, 3.05) is 52.8 Å². The van der Waals surface area contributed by atoms with Crippen LogP contribution >= 0.6 is 0 Å². The molecule has 1 aromatic carbocycles. The van der Waals surface area contributed by atoms with E-state index in [1.807, 2.05) is 0 Å². The molecule has 0 saturated heterocycles. The van der Waals surface area contributed by atoms with Gasteiger partial charge in [-0.3, -0.25) is 14.5 Å². The predicted octanol–water partition coefficient (Wildman–Crippen LogP) is 0.715. The number of amides is 2. The number of imide groups is 1. The van der Waals surface area contributed by atoms with Gasteiger partial charge in [-0.05, 0) is 18.6 Å². The van der Waals surface area contributed by atoms with Crippen LogP contribution in [-0.4, -0.2) is 74.6 Å². The fourth-order valence-corrected chi connectivity index (χ4v) is 2.37. The van der Waals surface area contributed by atoms with Crippen LogP contribution in [0, 0.1) is 0 Å². The third-order valence-electron chi connectivity index (χ3n) is 3.53. The Morgan fingerprint density at radius 2 is 1.29 bits per heavy atom. The molecule has 0 saturated carbocycles. The number of hydrogen-bond donors (Lipinski definition) is 1. The van der Waals surface area contributed by atoms with Gasteiger partial charge in [0.05, 0.1) is 50.8 Å². The lowest BCUT2D eigenvalue weighted by Crippen LogP contribution is -2.31. The molecule has 1 N–H and O–H groups in total. The Bertz CT molecular complexity index is 513. The van der Waals surface area contributed by atoms with Crippen LogP contribution < -0.4 is 0 Å². The molecule has 0 radical (unpaired) electrons. The molecule has 1 aliphatic rings. The number of rotatable bonds is 12. The van der Waals surface area contributed by atoms with Crippen molar-refractivity contribution >= 4 is 11.8 Å². The number of carbonyl (C=O) groups excluding carboxylic acids is 2. The van der Waals surface area contributed by atoms with E-state index in [0.717, 1.165) is 0 Å². The standard InChI is InChI=1S/C17H23NO6/c19-7-9-23-11-13-24-12-10-22-8-3-6-18-16(20)14-4-1-2-5-15(14)17(18)21/h1-2,4-5,19H,3,6-13H2. The van der Waals surface area contributed by atoms with Gasteiger partial charge >= 0.3 is 0 Å². The summed E-state index contributed by atoms with van der Waals surface area (Å²) >= 11 is 0. The van der Waals surface area contributed by atoms with Gasteiger partial charge < -0.3 is 19.3 Å². The van der Waals surface area contributed by atoms with E-state index in [9.17, 15) is 9.59 Å². The molecule has 0 bridgehead atoms. The number of benzene rings is 1. The van der Waals surface area contributed by atoms with Gasteiger partial charge in [0.25, 0.3) is 11.8 Å². The van der Waals surface area contributed by atoms with Gasteiger partial charge in [-0.15, -0.1) is 0 Å². The zero-order valence-electron chi connectivity index (χ0n) is 13.6. The summed E-state index contributed by atoms with van der Waals surface area (Å²) in [5.74, 6) is -0.469. The fraction of sp³-hybridized carbons (Fsp3) is 0.529. The van der Waals surface area contributed by atoms with Gasteiger partial charge in [-0.2, -0.15) is 0 Å². The van der Waals surface area contributed by atoms with E-state index in [-0.39, 0.29) is 18.4 Å². The van der Waals surface area contributed by atoms with Crippen LogP contribution in [0.4, 0.5) is 0 Å². The summed E-state index contributed by atoms with van der Waals surface area (Å²) in [7, 11) is 0. The molecule has 0 aromatic heterocycles. The zero-order valence-corrected chi connectivity index (χ0v) is 13.6. The van der Waals surface area contributed by atoms with Crippen molar-refractivity contribution in [2.45, 2.75) is 6.42 Å². The summed E-state index contributed by atoms with van der Waals surface area (Å²) in [6.07, 6.45) is 0.588. The summed E-state index contributed by atoms with van der Waals surface area (Å²) in [6.45, 7) is 2.93. The number of ether oxygens (including phenoxy) is 3. The van der Waals surface area contributed by atoms with Crippen molar-refractivity contribution in [3.05, 3.63) is 35.4 Å². The van der Waals surface area contributed by atoms with E-state index in [0.29, 0.717) is 63.7 Å². The van der Waals surface area contributed by atoms with Gasteiger partial charge in [0.2, 0.25) is 0 Å². The second-order valence-corrected chi connectivity index (χ2v) is 5.22. The van der Waals surface area contributed by atoms with Crippen molar-refractivity contribution in [1.29, 1.82) is 0 Å². The van der Waals surface area contributed by atoms with Crippen LogP contribution in [-0.2, 0) is 14.2 Å². The van der Waals surface area contributed by atoms with Gasteiger partial charge in [0, 0.05) is 13.2 Å². The first-order valence-electron chi connectivity index (χ1n) is 8.05. The topological polar surface area (TPSA) is 85.3 Å². The summed E-state index contributed by atoms with van der Waals surface area (Å²) in [6, 6.07) is 6.86. The molecule has 132 valence electrons. The van der Waals surface area contributed by atoms with Crippen molar-refractivity contribution in [3.8, 4) is 0 Å². The quantitative estimate of drug-likeness (QED) is 0.447. The third-order valence-corrected chi connectivity index (χ3v) is 3.53. The molecular formula is C17H23NO6. The first-order valence-corrected chi connectivity index (χ1v) is 8.05. The first kappa shape index (κ1) is 18.5. The Morgan fingerprint density at radius 1 is 0.792 bits per heavy atom. The van der Waals surface area contributed by atoms with Crippen molar-refractivity contribution < 1.29 is 28.9 Å². The van der Waals surface area contributed by atoms with Gasteiger partial charge in [0.1, 0.15) is 0 Å². The Morgan fingerprint density at radius 3 is 1.83 bits per heavy atom.